The third-order valence-electron chi connectivity index (χ3n) is 4.14. The van der Waals surface area contributed by atoms with Gasteiger partial charge in [0, 0.05) is 35.7 Å². The summed E-state index contributed by atoms with van der Waals surface area (Å²) in [5.41, 5.74) is 1.21. The lowest BCUT2D eigenvalue weighted by atomic mass is 10.0. The maximum Gasteiger partial charge on any atom is 0.0640 e. The van der Waals surface area contributed by atoms with Crippen LogP contribution in [0.25, 0.3) is 0 Å². The van der Waals surface area contributed by atoms with Crippen molar-refractivity contribution in [3.05, 3.63) is 18.0 Å². The monoisotopic (exact) mass is 295 g/mol. The molecule has 114 valence electrons. The SMILES string of the molecule is CNC(CSC1CCCCC1)Cc1ccn(C(C)C)n1. The van der Waals surface area contributed by atoms with E-state index in [4.69, 9.17) is 0 Å². The molecule has 1 atom stereocenters. The first-order valence-electron chi connectivity index (χ1n) is 8.02. The van der Waals surface area contributed by atoms with Crippen LogP contribution in [0.4, 0.5) is 0 Å². The lowest BCUT2D eigenvalue weighted by Gasteiger charge is -2.23. The molecule has 20 heavy (non-hydrogen) atoms. The summed E-state index contributed by atoms with van der Waals surface area (Å²) in [6, 6.07) is 3.15. The summed E-state index contributed by atoms with van der Waals surface area (Å²) in [4.78, 5) is 0. The molecule has 2 rings (SSSR count). The molecule has 0 saturated heterocycles. The highest BCUT2D eigenvalue weighted by molar-refractivity contribution is 7.99. The van der Waals surface area contributed by atoms with E-state index < -0.39 is 0 Å². The van der Waals surface area contributed by atoms with Crippen molar-refractivity contribution in [1.82, 2.24) is 15.1 Å². The zero-order valence-electron chi connectivity index (χ0n) is 13.1. The number of nitrogens with zero attached hydrogens (tertiary/aromatic N) is 2. The van der Waals surface area contributed by atoms with Gasteiger partial charge in [0.2, 0.25) is 0 Å². The van der Waals surface area contributed by atoms with E-state index in [9.17, 15) is 0 Å². The fraction of sp³-hybridized carbons (Fsp3) is 0.812. The van der Waals surface area contributed by atoms with E-state index in [1.807, 2.05) is 0 Å². The van der Waals surface area contributed by atoms with Crippen LogP contribution in [-0.4, -0.2) is 33.9 Å². The molecule has 1 aliphatic rings. The lowest BCUT2D eigenvalue weighted by Crippen LogP contribution is -2.31. The number of rotatable bonds is 7. The summed E-state index contributed by atoms with van der Waals surface area (Å²) in [5, 5.41) is 9.01. The van der Waals surface area contributed by atoms with Crippen molar-refractivity contribution >= 4 is 11.8 Å². The molecular weight excluding hydrogens is 266 g/mol. The molecule has 1 N–H and O–H groups in total. The van der Waals surface area contributed by atoms with Gasteiger partial charge in [-0.15, -0.1) is 0 Å². The highest BCUT2D eigenvalue weighted by atomic mass is 32.2. The van der Waals surface area contributed by atoms with E-state index in [1.165, 1.54) is 43.6 Å². The van der Waals surface area contributed by atoms with Crippen molar-refractivity contribution in [2.75, 3.05) is 12.8 Å². The van der Waals surface area contributed by atoms with Gasteiger partial charge in [0.1, 0.15) is 0 Å². The molecule has 4 heteroatoms. The van der Waals surface area contributed by atoms with Crippen LogP contribution in [0.3, 0.4) is 0 Å². The Kier molecular flexibility index (Phi) is 6.43. The van der Waals surface area contributed by atoms with Crippen LogP contribution in [-0.2, 0) is 6.42 Å². The van der Waals surface area contributed by atoms with Gasteiger partial charge in [0.25, 0.3) is 0 Å². The van der Waals surface area contributed by atoms with Gasteiger partial charge < -0.3 is 5.32 Å². The average molecular weight is 295 g/mol. The lowest BCUT2D eigenvalue weighted by molar-refractivity contribution is 0.511. The number of hydrogen-bond acceptors (Lipinski definition) is 3. The minimum atomic E-state index is 0.452. The van der Waals surface area contributed by atoms with Crippen LogP contribution < -0.4 is 5.32 Å². The van der Waals surface area contributed by atoms with Crippen molar-refractivity contribution in [1.29, 1.82) is 0 Å². The van der Waals surface area contributed by atoms with Gasteiger partial charge in [-0.05, 0) is 39.8 Å². The largest absolute Gasteiger partial charge is 0.316 e. The number of thioether (sulfide) groups is 1. The molecule has 0 bridgehead atoms. The Morgan fingerprint density at radius 3 is 2.70 bits per heavy atom. The normalized spacial score (nSPS) is 18.6. The first kappa shape index (κ1) is 15.9. The minimum Gasteiger partial charge on any atom is -0.316 e. The zero-order chi connectivity index (χ0) is 14.4. The second kappa shape index (κ2) is 8.08. The standard InChI is InChI=1S/C16H29N3S/c1-13(2)19-10-9-14(18-19)11-15(17-3)12-20-16-7-5-4-6-8-16/h9-10,13,15-17H,4-8,11-12H2,1-3H3. The summed E-state index contributed by atoms with van der Waals surface area (Å²) in [6.45, 7) is 4.34. The van der Waals surface area contributed by atoms with Crippen LogP contribution in [0, 0.1) is 0 Å². The Bertz CT molecular complexity index is 383. The molecule has 1 aromatic rings. The van der Waals surface area contributed by atoms with E-state index in [0.717, 1.165) is 11.7 Å². The Balaban J connectivity index is 1.78. The van der Waals surface area contributed by atoms with Gasteiger partial charge in [-0.1, -0.05) is 19.3 Å². The fourth-order valence-electron chi connectivity index (χ4n) is 2.75. The maximum absolute atomic E-state index is 4.66. The van der Waals surface area contributed by atoms with E-state index in [2.05, 4.69) is 60.0 Å². The van der Waals surface area contributed by atoms with Gasteiger partial charge in [-0.3, -0.25) is 4.68 Å². The van der Waals surface area contributed by atoms with E-state index in [-0.39, 0.29) is 0 Å². The van der Waals surface area contributed by atoms with Gasteiger partial charge in [0.15, 0.2) is 0 Å². The molecule has 3 nitrogen and oxygen atoms in total. The Hall–Kier alpha value is -0.480. The molecule has 0 spiro atoms. The smallest absolute Gasteiger partial charge is 0.0640 e. The molecule has 1 saturated carbocycles. The third-order valence-corrected chi connectivity index (χ3v) is 5.68. The molecule has 0 aliphatic heterocycles. The average Bonchev–Trinajstić information content (AvgIpc) is 2.93. The number of hydrogen-bond donors (Lipinski definition) is 1. The third kappa shape index (κ3) is 4.81. The van der Waals surface area contributed by atoms with Gasteiger partial charge in [0.05, 0.1) is 5.69 Å². The van der Waals surface area contributed by atoms with Gasteiger partial charge >= 0.3 is 0 Å². The molecule has 0 amide bonds. The Morgan fingerprint density at radius 2 is 2.10 bits per heavy atom. The first-order valence-corrected chi connectivity index (χ1v) is 9.07. The topological polar surface area (TPSA) is 29.9 Å². The fourth-order valence-corrected chi connectivity index (χ4v) is 4.21. The Morgan fingerprint density at radius 1 is 1.35 bits per heavy atom. The predicted molar refractivity (Wildman–Crippen MR) is 88.5 cm³/mol. The number of nitrogens with one attached hydrogen (secondary N) is 1. The summed E-state index contributed by atoms with van der Waals surface area (Å²) >= 11 is 2.17. The minimum absolute atomic E-state index is 0.452. The molecule has 0 radical (unpaired) electrons. The number of aromatic nitrogens is 2. The summed E-state index contributed by atoms with van der Waals surface area (Å²) in [6.07, 6.45) is 10.3. The second-order valence-electron chi connectivity index (χ2n) is 6.16. The van der Waals surface area contributed by atoms with Crippen LogP contribution in [0.2, 0.25) is 0 Å². The van der Waals surface area contributed by atoms with Crippen LogP contribution in [0.15, 0.2) is 12.3 Å². The molecule has 0 aromatic carbocycles. The summed E-state index contributed by atoms with van der Waals surface area (Å²) < 4.78 is 2.05. The Labute approximate surface area is 127 Å². The predicted octanol–water partition coefficient (Wildman–Crippen LogP) is 3.66. The summed E-state index contributed by atoms with van der Waals surface area (Å²) in [5.74, 6) is 1.20. The molecule has 1 unspecified atom stereocenters. The van der Waals surface area contributed by atoms with Crippen molar-refractivity contribution in [3.63, 3.8) is 0 Å². The van der Waals surface area contributed by atoms with E-state index in [1.54, 1.807) is 0 Å². The van der Waals surface area contributed by atoms with Crippen LogP contribution >= 0.6 is 11.8 Å². The first-order chi connectivity index (χ1) is 9.69. The van der Waals surface area contributed by atoms with Crippen molar-refractivity contribution in [2.45, 2.75) is 69.7 Å². The van der Waals surface area contributed by atoms with Crippen molar-refractivity contribution < 1.29 is 0 Å². The van der Waals surface area contributed by atoms with Gasteiger partial charge in [-0.25, -0.2) is 0 Å². The zero-order valence-corrected chi connectivity index (χ0v) is 14.0. The highest BCUT2D eigenvalue weighted by Crippen LogP contribution is 2.28. The van der Waals surface area contributed by atoms with E-state index in [0.29, 0.717) is 12.1 Å². The second-order valence-corrected chi connectivity index (χ2v) is 7.50. The highest BCUT2D eigenvalue weighted by Gasteiger charge is 2.17. The van der Waals surface area contributed by atoms with Crippen LogP contribution in [0.1, 0.15) is 57.7 Å². The van der Waals surface area contributed by atoms with Gasteiger partial charge in [-0.2, -0.15) is 16.9 Å². The van der Waals surface area contributed by atoms with Crippen molar-refractivity contribution in [3.8, 4) is 0 Å². The summed E-state index contributed by atoms with van der Waals surface area (Å²) in [7, 11) is 2.07. The molecule has 1 heterocycles. The molecule has 1 fully saturated rings. The number of likely N-dealkylation sites (N-methyl/N-ethyl adjacent to an activating group) is 1. The molecule has 1 aromatic heterocycles. The molecule has 1 aliphatic carbocycles. The van der Waals surface area contributed by atoms with Crippen LogP contribution in [0.5, 0.6) is 0 Å². The quantitative estimate of drug-likeness (QED) is 0.832. The molecular formula is C16H29N3S. The van der Waals surface area contributed by atoms with E-state index >= 15 is 0 Å². The maximum atomic E-state index is 4.66. The van der Waals surface area contributed by atoms with Crippen molar-refractivity contribution in [2.24, 2.45) is 0 Å².